The Hall–Kier alpha value is -2.69. The summed E-state index contributed by atoms with van der Waals surface area (Å²) >= 11 is 0. The first-order valence-corrected chi connectivity index (χ1v) is 9.22. The molecule has 2 aromatic rings. The minimum absolute atomic E-state index is 0.103. The maximum Gasteiger partial charge on any atom is 0.335 e. The number of carboxylic acid groups (broad SMARTS) is 1. The molecule has 0 aromatic heterocycles. The molecule has 30 heavy (non-hydrogen) atoms. The maximum absolute atomic E-state index is 11.3. The molecule has 0 bridgehead atoms. The summed E-state index contributed by atoms with van der Waals surface area (Å²) in [6, 6.07) is 9.45. The lowest BCUT2D eigenvalue weighted by Crippen LogP contribution is -2.55. The van der Waals surface area contributed by atoms with Gasteiger partial charge in [0.2, 0.25) is 0 Å². The molecule has 0 saturated carbocycles. The zero-order valence-corrected chi connectivity index (χ0v) is 16.4. The van der Waals surface area contributed by atoms with Gasteiger partial charge in [0.05, 0.1) is 26.4 Å². The monoisotopic (exact) mass is 420 g/mol. The topological polar surface area (TPSA) is 146 Å². The number of methoxy groups -OCH3 is 2. The van der Waals surface area contributed by atoms with E-state index in [0.29, 0.717) is 22.4 Å². The summed E-state index contributed by atoms with van der Waals surface area (Å²) in [5.41, 5.74) is 1.56. The normalized spacial score (nSPS) is 26.3. The summed E-state index contributed by atoms with van der Waals surface area (Å²) in [4.78, 5) is 11.3. The number of aliphatic hydroxyl groups is 4. The molecule has 1 aliphatic heterocycles. The molecule has 2 aromatic carbocycles. The smallest absolute Gasteiger partial charge is 0.335 e. The van der Waals surface area contributed by atoms with Crippen molar-refractivity contribution in [3.05, 3.63) is 47.5 Å². The Kier molecular flexibility index (Phi) is 6.59. The minimum Gasteiger partial charge on any atom is -0.496 e. The Balaban J connectivity index is 2.10. The van der Waals surface area contributed by atoms with E-state index in [1.807, 2.05) is 0 Å². The largest absolute Gasteiger partial charge is 0.496 e. The number of ether oxygens (including phenoxy) is 3. The van der Waals surface area contributed by atoms with E-state index in [1.54, 1.807) is 24.3 Å². The fourth-order valence-corrected chi connectivity index (χ4v) is 3.55. The first-order valence-electron chi connectivity index (χ1n) is 9.22. The van der Waals surface area contributed by atoms with Crippen molar-refractivity contribution in [3.63, 3.8) is 0 Å². The Labute approximate surface area is 172 Å². The van der Waals surface area contributed by atoms with Crippen LogP contribution in [0.1, 0.15) is 22.0 Å². The summed E-state index contributed by atoms with van der Waals surface area (Å²) < 4.78 is 16.5. The van der Waals surface area contributed by atoms with E-state index in [1.165, 1.54) is 26.4 Å². The van der Waals surface area contributed by atoms with Gasteiger partial charge in [-0.1, -0.05) is 12.1 Å². The average molecular weight is 420 g/mol. The van der Waals surface area contributed by atoms with E-state index >= 15 is 0 Å². The van der Waals surface area contributed by atoms with Gasteiger partial charge in [-0.25, -0.2) is 4.79 Å². The fraction of sp³-hybridized carbons (Fsp3) is 0.381. The van der Waals surface area contributed by atoms with Gasteiger partial charge in [-0.2, -0.15) is 0 Å². The first kappa shape index (κ1) is 22.0. The molecule has 9 nitrogen and oxygen atoms in total. The van der Waals surface area contributed by atoms with Gasteiger partial charge in [0, 0.05) is 11.1 Å². The molecule has 3 rings (SSSR count). The first-order chi connectivity index (χ1) is 14.3. The summed E-state index contributed by atoms with van der Waals surface area (Å²) in [7, 11) is 2.84. The molecule has 1 saturated heterocycles. The van der Waals surface area contributed by atoms with Gasteiger partial charge < -0.3 is 39.7 Å². The second-order valence-electron chi connectivity index (χ2n) is 6.93. The molecular weight excluding hydrogens is 396 g/mol. The maximum atomic E-state index is 11.3. The third kappa shape index (κ3) is 3.98. The molecule has 0 radical (unpaired) electrons. The molecule has 5 atom stereocenters. The number of aliphatic hydroxyl groups excluding tert-OH is 4. The Bertz CT molecular complexity index is 911. The number of carbonyl (C=O) groups is 1. The van der Waals surface area contributed by atoms with Crippen molar-refractivity contribution in [2.45, 2.75) is 30.5 Å². The second kappa shape index (κ2) is 8.99. The van der Waals surface area contributed by atoms with Crippen LogP contribution < -0.4 is 9.47 Å². The number of aromatic carboxylic acids is 1. The molecule has 0 spiro atoms. The lowest BCUT2D eigenvalue weighted by molar-refractivity contribution is -0.232. The number of hydrogen-bond donors (Lipinski definition) is 5. The molecule has 162 valence electrons. The van der Waals surface area contributed by atoms with Gasteiger partial charge in [0.15, 0.2) is 0 Å². The van der Waals surface area contributed by atoms with E-state index < -0.39 is 43.1 Å². The van der Waals surface area contributed by atoms with Gasteiger partial charge in [-0.15, -0.1) is 0 Å². The second-order valence-corrected chi connectivity index (χ2v) is 6.93. The fourth-order valence-electron chi connectivity index (χ4n) is 3.55. The zero-order chi connectivity index (χ0) is 22.0. The van der Waals surface area contributed by atoms with Crippen LogP contribution in [0.4, 0.5) is 0 Å². The van der Waals surface area contributed by atoms with Crippen LogP contribution in [0.5, 0.6) is 11.5 Å². The van der Waals surface area contributed by atoms with Crippen molar-refractivity contribution in [1.29, 1.82) is 0 Å². The van der Waals surface area contributed by atoms with Crippen LogP contribution in [0.2, 0.25) is 0 Å². The number of carboxylic acids is 1. The molecule has 5 N–H and O–H groups in total. The van der Waals surface area contributed by atoms with Crippen LogP contribution in [0.3, 0.4) is 0 Å². The minimum atomic E-state index is -1.54. The highest BCUT2D eigenvalue weighted by atomic mass is 16.5. The Morgan fingerprint density at radius 1 is 1.00 bits per heavy atom. The third-order valence-corrected chi connectivity index (χ3v) is 5.17. The molecular formula is C21H24O9. The van der Waals surface area contributed by atoms with E-state index in [0.717, 1.165) is 0 Å². The third-order valence-electron chi connectivity index (χ3n) is 5.17. The van der Waals surface area contributed by atoms with E-state index in [9.17, 15) is 30.3 Å². The highest BCUT2D eigenvalue weighted by Crippen LogP contribution is 2.43. The van der Waals surface area contributed by atoms with Gasteiger partial charge in [0.25, 0.3) is 0 Å². The standard InChI is InChI=1S/C21H24O9/c1-28-14-8-13(20-19(25)18(24)17(23)16(9-22)30-20)15(29-2)7-12(14)10-4-3-5-11(6-10)21(26)27/h3-8,16-20,22-25H,9H2,1-2H3,(H,26,27)/t16-,17+,18+,19-,20+/m1/s1. The van der Waals surface area contributed by atoms with Crippen LogP contribution in [0.15, 0.2) is 36.4 Å². The number of rotatable bonds is 6. The van der Waals surface area contributed by atoms with Crippen LogP contribution in [0, 0.1) is 0 Å². The summed E-state index contributed by atoms with van der Waals surface area (Å²) in [5.74, 6) is -0.429. The molecule has 1 fully saturated rings. The van der Waals surface area contributed by atoms with Crippen LogP contribution in [0.25, 0.3) is 11.1 Å². The number of benzene rings is 2. The SMILES string of the molecule is COc1cc([C@@H]2O[C@H](CO)[C@H](O)[C@H](O)[C@H]2O)c(OC)cc1-c1cccc(C(=O)O)c1. The Morgan fingerprint density at radius 2 is 1.70 bits per heavy atom. The van der Waals surface area contributed by atoms with Crippen molar-refractivity contribution in [2.75, 3.05) is 20.8 Å². The quantitative estimate of drug-likeness (QED) is 0.453. The van der Waals surface area contributed by atoms with Crippen molar-refractivity contribution in [3.8, 4) is 22.6 Å². The van der Waals surface area contributed by atoms with Crippen molar-refractivity contribution in [1.82, 2.24) is 0 Å². The molecule has 9 heteroatoms. The van der Waals surface area contributed by atoms with Crippen molar-refractivity contribution in [2.24, 2.45) is 0 Å². The highest BCUT2D eigenvalue weighted by Gasteiger charge is 2.45. The van der Waals surface area contributed by atoms with Crippen molar-refractivity contribution < 1.29 is 44.5 Å². The van der Waals surface area contributed by atoms with Gasteiger partial charge in [0.1, 0.15) is 42.0 Å². The summed E-state index contributed by atoms with van der Waals surface area (Å²) in [6.07, 6.45) is -6.68. The predicted octanol–water partition coefficient (Wildman–Crippen LogP) is 0.584. The Morgan fingerprint density at radius 3 is 2.30 bits per heavy atom. The van der Waals surface area contributed by atoms with Crippen LogP contribution >= 0.6 is 0 Å². The van der Waals surface area contributed by atoms with Crippen molar-refractivity contribution >= 4 is 5.97 Å². The summed E-state index contributed by atoms with van der Waals surface area (Å²) in [5, 5.41) is 49.3. The van der Waals surface area contributed by atoms with Gasteiger partial charge in [-0.3, -0.25) is 0 Å². The molecule has 1 heterocycles. The lowest BCUT2D eigenvalue weighted by atomic mass is 9.89. The van der Waals surface area contributed by atoms with E-state index in [4.69, 9.17) is 14.2 Å². The molecule has 0 unspecified atom stereocenters. The lowest BCUT2D eigenvalue weighted by Gasteiger charge is -2.40. The van der Waals surface area contributed by atoms with E-state index in [-0.39, 0.29) is 11.3 Å². The zero-order valence-electron chi connectivity index (χ0n) is 16.4. The number of hydrogen-bond acceptors (Lipinski definition) is 8. The van der Waals surface area contributed by atoms with Gasteiger partial charge >= 0.3 is 5.97 Å². The highest BCUT2D eigenvalue weighted by molar-refractivity contribution is 5.90. The van der Waals surface area contributed by atoms with Crippen LogP contribution in [-0.4, -0.2) is 76.7 Å². The summed E-state index contributed by atoms with van der Waals surface area (Å²) in [6.45, 7) is -0.555. The molecule has 0 aliphatic carbocycles. The molecule has 0 amide bonds. The predicted molar refractivity (Wildman–Crippen MR) is 105 cm³/mol. The average Bonchev–Trinajstić information content (AvgIpc) is 2.77. The molecule has 1 aliphatic rings. The van der Waals surface area contributed by atoms with Crippen LogP contribution in [-0.2, 0) is 4.74 Å². The van der Waals surface area contributed by atoms with E-state index in [2.05, 4.69) is 0 Å². The van der Waals surface area contributed by atoms with Gasteiger partial charge in [-0.05, 0) is 29.8 Å².